The summed E-state index contributed by atoms with van der Waals surface area (Å²) in [6.45, 7) is 0.0875. The average molecular weight is 309 g/mol. The summed E-state index contributed by atoms with van der Waals surface area (Å²) in [6.07, 6.45) is -0.795. The van der Waals surface area contributed by atoms with Crippen molar-refractivity contribution in [2.75, 3.05) is 6.54 Å². The quantitative estimate of drug-likeness (QED) is 0.424. The van der Waals surface area contributed by atoms with Crippen LogP contribution in [0.4, 0.5) is 0 Å². The molecule has 0 amide bonds. The summed E-state index contributed by atoms with van der Waals surface area (Å²) >= 11 is 0. The number of benzene rings is 1. The maximum atomic E-state index is 9.23. The van der Waals surface area contributed by atoms with E-state index in [9.17, 15) is 5.11 Å². The molecule has 13 heavy (non-hydrogen) atoms. The first kappa shape index (κ1) is 13.3. The van der Waals surface area contributed by atoms with Crippen LogP contribution in [-0.4, -0.2) is 70.7 Å². The van der Waals surface area contributed by atoms with Crippen molar-refractivity contribution in [2.24, 2.45) is 5.73 Å². The third-order valence-corrected chi connectivity index (χ3v) is 1.61. The van der Waals surface area contributed by atoms with Crippen molar-refractivity contribution in [3.8, 4) is 11.5 Å². The van der Waals surface area contributed by atoms with Crippen molar-refractivity contribution in [2.45, 2.75) is 6.10 Å². The topological polar surface area (TPSA) is 86.7 Å². The molecule has 0 radical (unpaired) electrons. The summed E-state index contributed by atoms with van der Waals surface area (Å²) in [4.78, 5) is 0. The van der Waals surface area contributed by atoms with Gasteiger partial charge in [-0.3, -0.25) is 0 Å². The van der Waals surface area contributed by atoms with Crippen molar-refractivity contribution in [1.29, 1.82) is 0 Å². The van der Waals surface area contributed by atoms with Gasteiger partial charge in [0.1, 0.15) is 0 Å². The van der Waals surface area contributed by atoms with Crippen molar-refractivity contribution in [3.63, 3.8) is 0 Å². The molecule has 1 aromatic carbocycles. The van der Waals surface area contributed by atoms with E-state index < -0.39 is 6.10 Å². The number of hydrogen-bond donors (Lipinski definition) is 4. The zero-order valence-corrected chi connectivity index (χ0v) is 6.44. The van der Waals surface area contributed by atoms with Crippen LogP contribution in [0.1, 0.15) is 11.7 Å². The van der Waals surface area contributed by atoms with Crippen LogP contribution in [0.3, 0.4) is 0 Å². The number of nitrogens with two attached hydrogens (primary N) is 1. The molecule has 0 saturated heterocycles. The first-order valence-corrected chi connectivity index (χ1v) is 3.55. The van der Waals surface area contributed by atoms with Crippen molar-refractivity contribution < 1.29 is 15.3 Å². The first-order valence-electron chi connectivity index (χ1n) is 3.55. The van der Waals surface area contributed by atoms with Gasteiger partial charge in [-0.05, 0) is 17.7 Å². The Balaban J connectivity index is 0.00000144. The van der Waals surface area contributed by atoms with E-state index in [1.54, 1.807) is 0 Å². The summed E-state index contributed by atoms with van der Waals surface area (Å²) in [7, 11) is 0. The van der Waals surface area contributed by atoms with Gasteiger partial charge >= 0.3 is 48.9 Å². The number of rotatable bonds is 2. The van der Waals surface area contributed by atoms with E-state index in [-0.39, 0.29) is 66.9 Å². The molecule has 0 heterocycles. The van der Waals surface area contributed by atoms with Gasteiger partial charge in [0.15, 0.2) is 11.5 Å². The van der Waals surface area contributed by atoms with Crippen LogP contribution in [-0.2, 0) is 0 Å². The van der Waals surface area contributed by atoms with Crippen molar-refractivity contribution in [3.05, 3.63) is 23.8 Å². The second kappa shape index (κ2) is 5.92. The molecule has 0 aliphatic rings. The van der Waals surface area contributed by atoms with Gasteiger partial charge in [-0.15, -0.1) is 0 Å². The normalized spacial score (nSPS) is 11.8. The molecule has 0 bridgehead atoms. The predicted octanol–water partition coefficient (Wildman–Crippen LogP) is -0.826. The molecule has 0 saturated carbocycles. The molecule has 1 rings (SSSR count). The summed E-state index contributed by atoms with van der Waals surface area (Å²) in [6, 6.07) is 4.10. The van der Waals surface area contributed by atoms with Crippen LogP contribution in [0, 0.1) is 0 Å². The van der Waals surface area contributed by atoms with Crippen LogP contribution >= 0.6 is 0 Å². The van der Waals surface area contributed by atoms with Gasteiger partial charge in [0, 0.05) is 6.54 Å². The third kappa shape index (κ3) is 3.51. The summed E-state index contributed by atoms with van der Waals surface area (Å²) in [5.41, 5.74) is 5.69. The molecule has 5 N–H and O–H groups in total. The number of phenols is 2. The van der Waals surface area contributed by atoms with Crippen molar-refractivity contribution in [1.82, 2.24) is 0 Å². The predicted molar refractivity (Wildman–Crippen MR) is 52.3 cm³/mol. The van der Waals surface area contributed by atoms with Gasteiger partial charge in [-0.1, -0.05) is 6.07 Å². The Labute approximate surface area is 116 Å². The van der Waals surface area contributed by atoms with Gasteiger partial charge in [0.2, 0.25) is 0 Å². The molecular formula is C8H13BaNO3. The molecule has 1 aromatic rings. The standard InChI is InChI=1S/C8H11NO3.Ba.2H/c9-4-8(12)5-1-2-6(10)7(11)3-5;;;/h1-3,8,10-12H,4,9H2;;;. The SMILES string of the molecule is NCC(O)c1ccc(O)c(O)c1.[BaH2]. The minimum atomic E-state index is -0.795. The Morgan fingerprint density at radius 3 is 2.31 bits per heavy atom. The molecule has 4 nitrogen and oxygen atoms in total. The third-order valence-electron chi connectivity index (χ3n) is 1.61. The molecule has 5 heteroatoms. The second-order valence-electron chi connectivity index (χ2n) is 2.50. The second-order valence-corrected chi connectivity index (χ2v) is 2.50. The molecule has 0 aliphatic carbocycles. The van der Waals surface area contributed by atoms with Crippen molar-refractivity contribution >= 4 is 48.9 Å². The van der Waals surface area contributed by atoms with Gasteiger partial charge in [0.25, 0.3) is 0 Å². The van der Waals surface area contributed by atoms with Gasteiger partial charge in [0.05, 0.1) is 6.10 Å². The molecule has 70 valence electrons. The summed E-state index contributed by atoms with van der Waals surface area (Å²) in [5.74, 6) is -0.456. The number of aromatic hydroxyl groups is 2. The van der Waals surface area contributed by atoms with Gasteiger partial charge in [-0.25, -0.2) is 0 Å². The molecule has 0 fully saturated rings. The summed E-state index contributed by atoms with van der Waals surface area (Å²) < 4.78 is 0. The van der Waals surface area contributed by atoms with E-state index in [0.717, 1.165) is 0 Å². The van der Waals surface area contributed by atoms with E-state index in [4.69, 9.17) is 15.9 Å². The van der Waals surface area contributed by atoms with Crippen LogP contribution in [0.25, 0.3) is 0 Å². The zero-order valence-electron chi connectivity index (χ0n) is 6.44. The molecule has 1 unspecified atom stereocenters. The first-order chi connectivity index (χ1) is 5.65. The number of phenolic OH excluding ortho intramolecular Hbond substituents is 2. The van der Waals surface area contributed by atoms with E-state index in [0.29, 0.717) is 5.56 Å². The molecular weight excluding hydrogens is 295 g/mol. The fourth-order valence-electron chi connectivity index (χ4n) is 0.884. The fourth-order valence-corrected chi connectivity index (χ4v) is 0.884. The summed E-state index contributed by atoms with van der Waals surface area (Å²) in [5, 5.41) is 27.2. The van der Waals surface area contributed by atoms with Crippen LogP contribution in [0.5, 0.6) is 11.5 Å². The van der Waals surface area contributed by atoms with Crippen LogP contribution < -0.4 is 5.73 Å². The maximum absolute atomic E-state index is 9.23. The van der Waals surface area contributed by atoms with Crippen LogP contribution in [0.2, 0.25) is 0 Å². The molecule has 0 spiro atoms. The number of aliphatic hydroxyl groups excluding tert-OH is 1. The Hall–Kier alpha value is 0.311. The monoisotopic (exact) mass is 309 g/mol. The van der Waals surface area contributed by atoms with E-state index in [1.807, 2.05) is 0 Å². The van der Waals surface area contributed by atoms with E-state index in [2.05, 4.69) is 0 Å². The van der Waals surface area contributed by atoms with Gasteiger partial charge in [-0.2, -0.15) is 0 Å². The Morgan fingerprint density at radius 2 is 1.85 bits per heavy atom. The molecule has 0 aliphatic heterocycles. The fraction of sp³-hybridized carbons (Fsp3) is 0.250. The minimum absolute atomic E-state index is 0. The van der Waals surface area contributed by atoms with E-state index >= 15 is 0 Å². The number of aliphatic hydroxyl groups is 1. The Bertz CT molecular complexity index is 280. The Kier molecular flexibility index (Phi) is 6.06. The Morgan fingerprint density at radius 1 is 1.23 bits per heavy atom. The molecule has 0 aromatic heterocycles. The van der Waals surface area contributed by atoms with Gasteiger partial charge < -0.3 is 21.1 Å². The van der Waals surface area contributed by atoms with Crippen LogP contribution in [0.15, 0.2) is 18.2 Å². The number of hydrogen-bond acceptors (Lipinski definition) is 4. The molecule has 1 atom stereocenters. The zero-order chi connectivity index (χ0) is 9.14. The van der Waals surface area contributed by atoms with E-state index in [1.165, 1.54) is 18.2 Å². The average Bonchev–Trinajstić information content (AvgIpc) is 2.08.